The topological polar surface area (TPSA) is 92.6 Å². The van der Waals surface area contributed by atoms with Gasteiger partial charge in [-0.05, 0) is 72.7 Å². The fourth-order valence-electron chi connectivity index (χ4n) is 3.16. The molecule has 0 saturated carbocycles. The van der Waals surface area contributed by atoms with Crippen LogP contribution in [0.2, 0.25) is 0 Å². The van der Waals surface area contributed by atoms with Crippen LogP contribution in [-0.4, -0.2) is 37.9 Å². The Hall–Kier alpha value is -2.62. The third-order valence-corrected chi connectivity index (χ3v) is 5.01. The van der Waals surface area contributed by atoms with Crippen molar-refractivity contribution in [2.45, 2.75) is 25.7 Å². The summed E-state index contributed by atoms with van der Waals surface area (Å²) in [6.45, 7) is 0.464. The molecule has 35 heavy (non-hydrogen) atoms. The van der Waals surface area contributed by atoms with Crippen molar-refractivity contribution in [2.24, 2.45) is 5.16 Å². The van der Waals surface area contributed by atoms with Gasteiger partial charge in [0.15, 0.2) is 0 Å². The Bertz CT molecular complexity index is 1070. The summed E-state index contributed by atoms with van der Waals surface area (Å²) in [5.41, 5.74) is 2.74. The van der Waals surface area contributed by atoms with Crippen LogP contribution in [0.15, 0.2) is 71.9 Å². The number of benzene rings is 3. The molecule has 0 radical (unpaired) electrons. The predicted molar refractivity (Wildman–Crippen MR) is 124 cm³/mol. The number of aliphatic hydroxyl groups is 1. The van der Waals surface area contributed by atoms with Gasteiger partial charge in [0.1, 0.15) is 49.1 Å². The summed E-state index contributed by atoms with van der Waals surface area (Å²) >= 11 is 0. The van der Waals surface area contributed by atoms with E-state index in [4.69, 9.17) is 24.2 Å². The molecule has 0 aromatic heterocycles. The maximum Gasteiger partial charge on any atom is 1.00 e. The van der Waals surface area contributed by atoms with Crippen LogP contribution in [0.1, 0.15) is 23.1 Å². The fraction of sp³-hybridized carbons (Fsp3) is 0.269. The van der Waals surface area contributed by atoms with Crippen LogP contribution >= 0.6 is 0 Å². The van der Waals surface area contributed by atoms with E-state index in [-0.39, 0.29) is 55.6 Å². The zero-order chi connectivity index (χ0) is 24.3. The van der Waals surface area contributed by atoms with Gasteiger partial charge in [0, 0.05) is 11.6 Å². The molecule has 0 heterocycles. The molecule has 0 bridgehead atoms. The van der Waals surface area contributed by atoms with Crippen LogP contribution in [0, 0.1) is 5.82 Å². The van der Waals surface area contributed by atoms with Crippen LogP contribution in [0.5, 0.6) is 17.2 Å². The normalized spacial score (nSPS) is 11.9. The van der Waals surface area contributed by atoms with Crippen LogP contribution < -0.4 is 48.9 Å². The van der Waals surface area contributed by atoms with Crippen molar-refractivity contribution in [2.75, 3.05) is 20.8 Å². The molecule has 0 amide bonds. The van der Waals surface area contributed by atoms with E-state index < -0.39 is 12.1 Å². The molecule has 3 aromatic carbocycles. The molecule has 1 N–H and O–H groups in total. The van der Waals surface area contributed by atoms with E-state index in [1.165, 1.54) is 13.2 Å². The summed E-state index contributed by atoms with van der Waals surface area (Å²) in [5, 5.41) is 23.6. The van der Waals surface area contributed by atoms with Crippen LogP contribution in [0.3, 0.4) is 0 Å². The quantitative estimate of drug-likeness (QED) is 0.171. The average Bonchev–Trinajstić information content (AvgIpc) is 2.85. The van der Waals surface area contributed by atoms with Crippen LogP contribution in [0.4, 0.5) is 4.39 Å². The zero-order valence-electron chi connectivity index (χ0n) is 20.1. The second-order valence-corrected chi connectivity index (χ2v) is 7.42. The summed E-state index contributed by atoms with van der Waals surface area (Å²) < 4.78 is 30.8. The van der Waals surface area contributed by atoms with Crippen molar-refractivity contribution >= 4 is 5.71 Å². The van der Waals surface area contributed by atoms with Gasteiger partial charge in [0.05, 0.1) is 7.11 Å². The molecule has 1 unspecified atom stereocenters. The Morgan fingerprint density at radius 2 is 1.60 bits per heavy atom. The SMILES string of the molecule is CO/N=C(\COc1ccc(COc2ccc(CCC([O-])O)c(F)c2)cc1)c1ccc(OC)cc1.[Na+]. The monoisotopic (exact) mass is 491 g/mol. The molecule has 0 aliphatic rings. The molecule has 0 spiro atoms. The van der Waals surface area contributed by atoms with Crippen molar-refractivity contribution in [3.8, 4) is 17.2 Å². The Morgan fingerprint density at radius 3 is 2.20 bits per heavy atom. The van der Waals surface area contributed by atoms with Gasteiger partial charge in [-0.1, -0.05) is 23.4 Å². The maximum absolute atomic E-state index is 14.1. The first-order chi connectivity index (χ1) is 16.5. The molecule has 0 aliphatic carbocycles. The third kappa shape index (κ3) is 9.16. The summed E-state index contributed by atoms with van der Waals surface area (Å²) in [7, 11) is 3.09. The van der Waals surface area contributed by atoms with E-state index in [0.29, 0.717) is 22.8 Å². The van der Waals surface area contributed by atoms with Crippen molar-refractivity contribution in [3.63, 3.8) is 0 Å². The number of oxime groups is 1. The van der Waals surface area contributed by atoms with Crippen molar-refractivity contribution in [1.82, 2.24) is 0 Å². The third-order valence-electron chi connectivity index (χ3n) is 5.01. The van der Waals surface area contributed by atoms with E-state index in [0.717, 1.165) is 16.9 Å². The van der Waals surface area contributed by atoms with Crippen molar-refractivity contribution < 1.29 is 63.2 Å². The van der Waals surface area contributed by atoms with Gasteiger partial charge >= 0.3 is 29.6 Å². The molecule has 0 fully saturated rings. The molecule has 7 nitrogen and oxygen atoms in total. The summed E-state index contributed by atoms with van der Waals surface area (Å²) in [6, 6.07) is 19.3. The number of methoxy groups -OCH3 is 1. The number of ether oxygens (including phenoxy) is 3. The second kappa shape index (κ2) is 14.7. The number of aryl methyl sites for hydroxylation is 1. The second-order valence-electron chi connectivity index (χ2n) is 7.42. The molecule has 1 atom stereocenters. The maximum atomic E-state index is 14.1. The Balaban J connectivity index is 0.00000432. The summed E-state index contributed by atoms with van der Waals surface area (Å²) in [5.74, 6) is 1.31. The number of halogens is 1. The Labute approximate surface area is 226 Å². The molecule has 0 saturated heterocycles. The molecular formula is C26H27FNNaO6. The van der Waals surface area contributed by atoms with Crippen molar-refractivity contribution in [3.05, 3.63) is 89.2 Å². The number of rotatable bonds is 12. The minimum absolute atomic E-state index is 0. The largest absolute Gasteiger partial charge is 1.00 e. The van der Waals surface area contributed by atoms with Gasteiger partial charge in [0.25, 0.3) is 0 Å². The standard InChI is InChI=1S/C26H27FNO6.Na/c1-31-21-11-6-20(7-12-21)25(28-32-2)17-34-22-9-3-18(4-10-22)16-33-23-13-5-19(24(27)15-23)8-14-26(29)30;/h3-7,9-13,15,26,29H,8,14,16-17H2,1-2H3;/q-1;+1/b28-25+;. The summed E-state index contributed by atoms with van der Waals surface area (Å²) in [4.78, 5) is 4.94. The number of aliphatic hydroxyl groups excluding tert-OH is 1. The van der Waals surface area contributed by atoms with E-state index in [1.54, 1.807) is 19.2 Å². The van der Waals surface area contributed by atoms with Gasteiger partial charge in [-0.3, -0.25) is 0 Å². The Morgan fingerprint density at radius 1 is 0.943 bits per heavy atom. The van der Waals surface area contributed by atoms with Gasteiger partial charge in [0.2, 0.25) is 0 Å². The molecular weight excluding hydrogens is 464 g/mol. The minimum Gasteiger partial charge on any atom is -0.831 e. The first kappa shape index (κ1) is 28.6. The van der Waals surface area contributed by atoms with E-state index in [2.05, 4.69) is 5.16 Å². The predicted octanol–water partition coefficient (Wildman–Crippen LogP) is 0.458. The smallest absolute Gasteiger partial charge is 0.831 e. The van der Waals surface area contributed by atoms with Gasteiger partial charge in [-0.15, -0.1) is 0 Å². The van der Waals surface area contributed by atoms with Gasteiger partial charge in [-0.25, -0.2) is 4.39 Å². The van der Waals surface area contributed by atoms with Gasteiger partial charge in [-0.2, -0.15) is 0 Å². The van der Waals surface area contributed by atoms with Crippen LogP contribution in [-0.2, 0) is 17.9 Å². The molecule has 0 aliphatic heterocycles. The van der Waals surface area contributed by atoms with Crippen molar-refractivity contribution in [1.29, 1.82) is 0 Å². The van der Waals surface area contributed by atoms with E-state index in [9.17, 15) is 9.50 Å². The fourth-order valence-corrected chi connectivity index (χ4v) is 3.16. The summed E-state index contributed by atoms with van der Waals surface area (Å²) in [6.07, 6.45) is -1.57. The zero-order valence-corrected chi connectivity index (χ0v) is 22.1. The van der Waals surface area contributed by atoms with E-state index in [1.807, 2.05) is 48.5 Å². The number of hydrogen-bond donors (Lipinski definition) is 1. The minimum atomic E-state index is -1.71. The molecule has 180 valence electrons. The number of nitrogens with zero attached hydrogens (tertiary/aromatic N) is 1. The Kier molecular flexibility index (Phi) is 12.0. The van der Waals surface area contributed by atoms with Gasteiger partial charge < -0.3 is 29.3 Å². The van der Waals surface area contributed by atoms with Crippen LogP contribution in [0.25, 0.3) is 0 Å². The van der Waals surface area contributed by atoms with E-state index >= 15 is 0 Å². The molecule has 9 heteroatoms. The first-order valence-corrected chi connectivity index (χ1v) is 10.7. The molecule has 3 rings (SSSR count). The molecule has 3 aromatic rings. The first-order valence-electron chi connectivity index (χ1n) is 10.7. The average molecular weight is 491 g/mol. The number of hydrogen-bond acceptors (Lipinski definition) is 7.